The lowest BCUT2D eigenvalue weighted by Crippen LogP contribution is -2.03. The Hall–Kier alpha value is -2.10. The lowest BCUT2D eigenvalue weighted by molar-refractivity contribution is 0.0692. The Morgan fingerprint density at radius 3 is 2.81 bits per heavy atom. The second-order valence-electron chi connectivity index (χ2n) is 3.50. The number of pyridine rings is 1. The van der Waals surface area contributed by atoms with Crippen LogP contribution in [0.3, 0.4) is 0 Å². The van der Waals surface area contributed by atoms with Gasteiger partial charge in [-0.05, 0) is 18.6 Å². The summed E-state index contributed by atoms with van der Waals surface area (Å²) in [5, 5.41) is 9.81. The normalized spacial score (nSPS) is 10.4. The number of aromatic carboxylic acids is 1. The van der Waals surface area contributed by atoms with E-state index in [2.05, 4.69) is 4.98 Å². The first kappa shape index (κ1) is 10.4. The summed E-state index contributed by atoms with van der Waals surface area (Å²) in [6.07, 6.45) is 0. The van der Waals surface area contributed by atoms with Crippen LogP contribution in [0.1, 0.15) is 15.9 Å². The predicted molar refractivity (Wildman–Crippen MR) is 60.0 cm³/mol. The van der Waals surface area contributed by atoms with E-state index < -0.39 is 5.97 Å². The van der Waals surface area contributed by atoms with E-state index in [0.29, 0.717) is 0 Å². The van der Waals surface area contributed by atoms with Gasteiger partial charge in [-0.15, -0.1) is 0 Å². The van der Waals surface area contributed by atoms with Crippen molar-refractivity contribution in [1.82, 2.24) is 4.98 Å². The van der Waals surface area contributed by atoms with E-state index in [1.165, 1.54) is 7.11 Å². The fourth-order valence-electron chi connectivity index (χ4n) is 1.64. The van der Waals surface area contributed by atoms with Crippen LogP contribution in [-0.2, 0) is 0 Å². The van der Waals surface area contributed by atoms with E-state index in [1.807, 2.05) is 25.1 Å². The zero-order chi connectivity index (χ0) is 11.7. The summed E-state index contributed by atoms with van der Waals surface area (Å²) in [5.41, 5.74) is 1.85. The molecule has 0 atom stereocenters. The Morgan fingerprint density at radius 1 is 1.44 bits per heavy atom. The molecule has 0 aliphatic carbocycles. The Morgan fingerprint density at radius 2 is 2.19 bits per heavy atom. The van der Waals surface area contributed by atoms with E-state index in [9.17, 15) is 4.79 Å². The van der Waals surface area contributed by atoms with Crippen molar-refractivity contribution in [2.24, 2.45) is 0 Å². The topological polar surface area (TPSA) is 59.4 Å². The maximum absolute atomic E-state index is 11.0. The molecule has 0 bridgehead atoms. The fourth-order valence-corrected chi connectivity index (χ4v) is 1.64. The molecule has 0 aliphatic rings. The molecule has 2 aromatic rings. The van der Waals surface area contributed by atoms with E-state index in [4.69, 9.17) is 9.84 Å². The molecule has 0 radical (unpaired) electrons. The number of aryl methyl sites for hydroxylation is 1. The summed E-state index contributed by atoms with van der Waals surface area (Å²) in [6.45, 7) is 1.93. The van der Waals surface area contributed by atoms with Crippen LogP contribution < -0.4 is 4.74 Å². The fraction of sp³-hybridized carbons (Fsp3) is 0.167. The molecule has 0 unspecified atom stereocenters. The van der Waals surface area contributed by atoms with Crippen molar-refractivity contribution in [3.63, 3.8) is 0 Å². The van der Waals surface area contributed by atoms with Crippen LogP contribution in [0.5, 0.6) is 5.88 Å². The highest BCUT2D eigenvalue weighted by atomic mass is 16.5. The third-order valence-corrected chi connectivity index (χ3v) is 2.44. The van der Waals surface area contributed by atoms with Crippen molar-refractivity contribution in [3.05, 3.63) is 35.4 Å². The minimum Gasteiger partial charge on any atom is -0.480 e. The quantitative estimate of drug-likeness (QED) is 0.838. The van der Waals surface area contributed by atoms with Gasteiger partial charge in [-0.3, -0.25) is 0 Å². The SMILES string of the molecule is COc1nc2c(C)cccc2cc1C(=O)O. The van der Waals surface area contributed by atoms with Crippen LogP contribution in [0.2, 0.25) is 0 Å². The highest BCUT2D eigenvalue weighted by Gasteiger charge is 2.14. The lowest BCUT2D eigenvalue weighted by Gasteiger charge is -2.07. The Labute approximate surface area is 92.5 Å². The van der Waals surface area contributed by atoms with Gasteiger partial charge in [0.2, 0.25) is 5.88 Å². The number of nitrogens with zero attached hydrogens (tertiary/aromatic N) is 1. The number of carboxylic acid groups (broad SMARTS) is 1. The number of hydrogen-bond acceptors (Lipinski definition) is 3. The number of benzene rings is 1. The minimum absolute atomic E-state index is 0.0839. The number of ether oxygens (including phenoxy) is 1. The Bertz CT molecular complexity index is 563. The van der Waals surface area contributed by atoms with Gasteiger partial charge in [0.25, 0.3) is 0 Å². The molecule has 2 rings (SSSR count). The number of fused-ring (bicyclic) bond motifs is 1. The second kappa shape index (κ2) is 3.81. The highest BCUT2D eigenvalue weighted by Crippen LogP contribution is 2.24. The van der Waals surface area contributed by atoms with Crippen molar-refractivity contribution in [3.8, 4) is 5.88 Å². The van der Waals surface area contributed by atoms with Crippen LogP contribution in [0.4, 0.5) is 0 Å². The minimum atomic E-state index is -1.03. The van der Waals surface area contributed by atoms with E-state index >= 15 is 0 Å². The van der Waals surface area contributed by atoms with Crippen LogP contribution in [0.25, 0.3) is 10.9 Å². The standard InChI is InChI=1S/C12H11NO3/c1-7-4-3-5-8-6-9(12(14)15)11(16-2)13-10(7)8/h3-6H,1-2H3,(H,14,15). The van der Waals surface area contributed by atoms with Gasteiger partial charge in [0.1, 0.15) is 5.56 Å². The molecular weight excluding hydrogens is 206 g/mol. The summed E-state index contributed by atoms with van der Waals surface area (Å²) in [4.78, 5) is 15.2. The first-order chi connectivity index (χ1) is 7.63. The maximum Gasteiger partial charge on any atom is 0.341 e. The average molecular weight is 217 g/mol. The smallest absolute Gasteiger partial charge is 0.341 e. The van der Waals surface area contributed by atoms with Crippen molar-refractivity contribution in [2.75, 3.05) is 7.11 Å². The lowest BCUT2D eigenvalue weighted by atomic mass is 10.1. The van der Waals surface area contributed by atoms with Gasteiger partial charge in [-0.25, -0.2) is 9.78 Å². The van der Waals surface area contributed by atoms with Gasteiger partial charge < -0.3 is 9.84 Å². The molecule has 0 aliphatic heterocycles. The zero-order valence-corrected chi connectivity index (χ0v) is 9.02. The largest absolute Gasteiger partial charge is 0.480 e. The first-order valence-electron chi connectivity index (χ1n) is 4.81. The van der Waals surface area contributed by atoms with E-state index in [-0.39, 0.29) is 11.4 Å². The molecular formula is C12H11NO3. The van der Waals surface area contributed by atoms with Crippen LogP contribution in [-0.4, -0.2) is 23.2 Å². The molecule has 4 nitrogen and oxygen atoms in total. The van der Waals surface area contributed by atoms with Gasteiger partial charge in [0.05, 0.1) is 12.6 Å². The van der Waals surface area contributed by atoms with Gasteiger partial charge in [-0.1, -0.05) is 18.2 Å². The van der Waals surface area contributed by atoms with Crippen molar-refractivity contribution < 1.29 is 14.6 Å². The highest BCUT2D eigenvalue weighted by molar-refractivity contribution is 5.95. The predicted octanol–water partition coefficient (Wildman–Crippen LogP) is 2.25. The monoisotopic (exact) mass is 217 g/mol. The molecule has 0 amide bonds. The van der Waals surface area contributed by atoms with Gasteiger partial charge >= 0.3 is 5.97 Å². The number of carboxylic acids is 1. The Balaban J connectivity index is 2.80. The van der Waals surface area contributed by atoms with Gasteiger partial charge in [0, 0.05) is 5.39 Å². The third kappa shape index (κ3) is 1.58. The number of aromatic nitrogens is 1. The second-order valence-corrected chi connectivity index (χ2v) is 3.50. The molecule has 0 saturated heterocycles. The third-order valence-electron chi connectivity index (χ3n) is 2.44. The summed E-state index contributed by atoms with van der Waals surface area (Å²) >= 11 is 0. The molecule has 1 aromatic heterocycles. The summed E-state index contributed by atoms with van der Waals surface area (Å²) in [5.74, 6) is -0.887. The van der Waals surface area contributed by atoms with E-state index in [0.717, 1.165) is 16.5 Å². The van der Waals surface area contributed by atoms with Crippen molar-refractivity contribution in [2.45, 2.75) is 6.92 Å². The van der Waals surface area contributed by atoms with E-state index in [1.54, 1.807) is 6.07 Å². The van der Waals surface area contributed by atoms with Crippen LogP contribution >= 0.6 is 0 Å². The first-order valence-corrected chi connectivity index (χ1v) is 4.81. The maximum atomic E-state index is 11.0. The van der Waals surface area contributed by atoms with Crippen molar-refractivity contribution >= 4 is 16.9 Å². The summed E-state index contributed by atoms with van der Waals surface area (Å²) < 4.78 is 4.98. The molecule has 0 fully saturated rings. The number of rotatable bonds is 2. The zero-order valence-electron chi connectivity index (χ0n) is 9.02. The molecule has 16 heavy (non-hydrogen) atoms. The Kier molecular flexibility index (Phi) is 2.48. The molecule has 0 spiro atoms. The summed E-state index contributed by atoms with van der Waals surface area (Å²) in [7, 11) is 1.42. The number of hydrogen-bond donors (Lipinski definition) is 1. The molecule has 4 heteroatoms. The summed E-state index contributed by atoms with van der Waals surface area (Å²) in [6, 6.07) is 7.21. The molecule has 1 aromatic carbocycles. The average Bonchev–Trinajstić information content (AvgIpc) is 2.28. The molecule has 1 heterocycles. The van der Waals surface area contributed by atoms with Crippen molar-refractivity contribution in [1.29, 1.82) is 0 Å². The molecule has 1 N–H and O–H groups in total. The number of methoxy groups -OCH3 is 1. The van der Waals surface area contributed by atoms with Crippen LogP contribution in [0, 0.1) is 6.92 Å². The molecule has 82 valence electrons. The van der Waals surface area contributed by atoms with Crippen LogP contribution in [0.15, 0.2) is 24.3 Å². The van der Waals surface area contributed by atoms with Gasteiger partial charge in [-0.2, -0.15) is 0 Å². The number of para-hydroxylation sites is 1. The molecule has 0 saturated carbocycles. The van der Waals surface area contributed by atoms with Gasteiger partial charge in [0.15, 0.2) is 0 Å². The number of carbonyl (C=O) groups is 1.